The number of rotatable bonds is 9. The Morgan fingerprint density at radius 2 is 1.36 bits per heavy atom. The number of ether oxygens (including phenoxy) is 3. The van der Waals surface area contributed by atoms with E-state index >= 15 is 0 Å². The second kappa shape index (κ2) is 11.0. The van der Waals surface area contributed by atoms with Gasteiger partial charge < -0.3 is 24.8 Å². The van der Waals surface area contributed by atoms with Crippen LogP contribution >= 0.6 is 0 Å². The molecule has 0 saturated carbocycles. The average molecular weight is 449 g/mol. The van der Waals surface area contributed by atoms with Crippen molar-refractivity contribution in [1.82, 2.24) is 0 Å². The normalized spacial score (nSPS) is 10.5. The maximum absolute atomic E-state index is 12.6. The summed E-state index contributed by atoms with van der Waals surface area (Å²) in [6, 6.07) is 19.7. The molecule has 7 heteroatoms. The molecule has 3 aromatic rings. The van der Waals surface area contributed by atoms with Gasteiger partial charge in [-0.05, 0) is 29.7 Å². The van der Waals surface area contributed by atoms with Gasteiger partial charge >= 0.3 is 0 Å². The third-order valence-electron chi connectivity index (χ3n) is 4.98. The van der Waals surface area contributed by atoms with E-state index in [1.165, 1.54) is 14.2 Å². The van der Waals surface area contributed by atoms with Gasteiger partial charge in [-0.15, -0.1) is 0 Å². The Bertz CT molecular complexity index is 1110. The predicted molar refractivity (Wildman–Crippen MR) is 129 cm³/mol. The smallest absolute Gasteiger partial charge is 0.262 e. The van der Waals surface area contributed by atoms with E-state index in [0.29, 0.717) is 34.2 Å². The van der Waals surface area contributed by atoms with Crippen molar-refractivity contribution in [2.45, 2.75) is 19.8 Å². The molecule has 0 heterocycles. The summed E-state index contributed by atoms with van der Waals surface area (Å²) in [5.74, 6) is 1.05. The number of hydrogen-bond donors (Lipinski definition) is 2. The maximum Gasteiger partial charge on any atom is 0.262 e. The Morgan fingerprint density at radius 1 is 0.788 bits per heavy atom. The van der Waals surface area contributed by atoms with E-state index in [-0.39, 0.29) is 24.3 Å². The van der Waals surface area contributed by atoms with Crippen LogP contribution in [0.2, 0.25) is 0 Å². The van der Waals surface area contributed by atoms with E-state index in [1.807, 2.05) is 30.3 Å². The number of carbonyl (C=O) groups is 2. The number of methoxy groups -OCH3 is 2. The van der Waals surface area contributed by atoms with E-state index in [1.54, 1.807) is 36.4 Å². The van der Waals surface area contributed by atoms with Crippen molar-refractivity contribution in [3.8, 4) is 17.2 Å². The molecule has 7 nitrogen and oxygen atoms in total. The highest BCUT2D eigenvalue weighted by molar-refractivity contribution is 6.05. The summed E-state index contributed by atoms with van der Waals surface area (Å²) in [6.45, 7) is 3.97. The molecule has 2 N–H and O–H groups in total. The van der Waals surface area contributed by atoms with Crippen molar-refractivity contribution >= 4 is 23.2 Å². The van der Waals surface area contributed by atoms with Crippen LogP contribution in [0.3, 0.4) is 0 Å². The quantitative estimate of drug-likeness (QED) is 0.476. The number of hydrogen-bond acceptors (Lipinski definition) is 5. The first-order chi connectivity index (χ1) is 15.9. The molecule has 0 unspecified atom stereocenters. The van der Waals surface area contributed by atoms with Gasteiger partial charge in [-0.3, -0.25) is 9.59 Å². The summed E-state index contributed by atoms with van der Waals surface area (Å²) < 4.78 is 16.6. The van der Waals surface area contributed by atoms with Crippen LogP contribution in [0, 0.1) is 0 Å². The Hall–Kier alpha value is -4.00. The van der Waals surface area contributed by atoms with Gasteiger partial charge in [-0.1, -0.05) is 50.2 Å². The zero-order valence-electron chi connectivity index (χ0n) is 19.2. The molecule has 0 aliphatic heterocycles. The molecule has 0 radical (unpaired) electrons. The molecule has 0 saturated heterocycles. The SMILES string of the molecule is COc1cc(NC(=O)c2ccccc2)c(OC)cc1NC(=O)COc1ccccc1C(C)C. The van der Waals surface area contributed by atoms with E-state index in [9.17, 15) is 9.59 Å². The fourth-order valence-corrected chi connectivity index (χ4v) is 3.30. The van der Waals surface area contributed by atoms with Crippen LogP contribution in [0.25, 0.3) is 0 Å². The third kappa shape index (κ3) is 6.04. The van der Waals surface area contributed by atoms with Gasteiger partial charge in [0.15, 0.2) is 6.61 Å². The van der Waals surface area contributed by atoms with Crippen LogP contribution < -0.4 is 24.8 Å². The minimum absolute atomic E-state index is 0.165. The van der Waals surface area contributed by atoms with Gasteiger partial charge in [0.25, 0.3) is 11.8 Å². The van der Waals surface area contributed by atoms with E-state index in [2.05, 4.69) is 24.5 Å². The number of carbonyl (C=O) groups excluding carboxylic acids is 2. The number of para-hydroxylation sites is 1. The minimum Gasteiger partial charge on any atom is -0.494 e. The lowest BCUT2D eigenvalue weighted by Crippen LogP contribution is -2.21. The molecule has 3 aromatic carbocycles. The van der Waals surface area contributed by atoms with E-state index in [0.717, 1.165) is 5.56 Å². The molecule has 0 aliphatic rings. The molecular weight excluding hydrogens is 420 g/mol. The lowest BCUT2D eigenvalue weighted by atomic mass is 10.0. The molecule has 0 spiro atoms. The molecule has 0 bridgehead atoms. The highest BCUT2D eigenvalue weighted by Gasteiger charge is 2.17. The van der Waals surface area contributed by atoms with Crippen molar-refractivity contribution in [3.05, 3.63) is 77.9 Å². The first kappa shape index (κ1) is 23.7. The van der Waals surface area contributed by atoms with Gasteiger partial charge in [-0.2, -0.15) is 0 Å². The summed E-state index contributed by atoms with van der Waals surface area (Å²) in [5.41, 5.74) is 2.36. The van der Waals surface area contributed by atoms with Crippen molar-refractivity contribution in [1.29, 1.82) is 0 Å². The zero-order chi connectivity index (χ0) is 23.8. The highest BCUT2D eigenvalue weighted by Crippen LogP contribution is 2.36. The van der Waals surface area contributed by atoms with Gasteiger partial charge in [0.2, 0.25) is 0 Å². The molecule has 33 heavy (non-hydrogen) atoms. The summed E-state index contributed by atoms with van der Waals surface area (Å²) in [6.07, 6.45) is 0. The molecule has 0 aromatic heterocycles. The van der Waals surface area contributed by atoms with E-state index < -0.39 is 0 Å². The number of benzene rings is 3. The topological polar surface area (TPSA) is 85.9 Å². The van der Waals surface area contributed by atoms with Gasteiger partial charge in [-0.25, -0.2) is 0 Å². The average Bonchev–Trinajstić information content (AvgIpc) is 2.83. The van der Waals surface area contributed by atoms with Crippen LogP contribution in [-0.2, 0) is 4.79 Å². The molecular formula is C26H28N2O5. The molecule has 172 valence electrons. The van der Waals surface area contributed by atoms with Crippen molar-refractivity contribution in [3.63, 3.8) is 0 Å². The first-order valence-electron chi connectivity index (χ1n) is 10.6. The lowest BCUT2D eigenvalue weighted by Gasteiger charge is -2.17. The summed E-state index contributed by atoms with van der Waals surface area (Å²) >= 11 is 0. The molecule has 0 atom stereocenters. The van der Waals surface area contributed by atoms with Crippen LogP contribution in [0.15, 0.2) is 66.7 Å². The van der Waals surface area contributed by atoms with E-state index in [4.69, 9.17) is 14.2 Å². The van der Waals surface area contributed by atoms with Crippen molar-refractivity contribution in [2.75, 3.05) is 31.5 Å². The number of anilines is 2. The Labute approximate surface area is 193 Å². The summed E-state index contributed by atoms with van der Waals surface area (Å²) in [7, 11) is 2.97. The van der Waals surface area contributed by atoms with Crippen LogP contribution in [0.5, 0.6) is 17.2 Å². The molecule has 2 amide bonds. The predicted octanol–water partition coefficient (Wildman–Crippen LogP) is 5.10. The van der Waals surface area contributed by atoms with Crippen LogP contribution in [0.4, 0.5) is 11.4 Å². The maximum atomic E-state index is 12.6. The van der Waals surface area contributed by atoms with Crippen molar-refractivity contribution < 1.29 is 23.8 Å². The summed E-state index contributed by atoms with van der Waals surface area (Å²) in [4.78, 5) is 25.1. The van der Waals surface area contributed by atoms with Gasteiger partial charge in [0.1, 0.15) is 17.2 Å². The molecule has 0 fully saturated rings. The molecule has 0 aliphatic carbocycles. The zero-order valence-corrected chi connectivity index (χ0v) is 19.2. The fourth-order valence-electron chi connectivity index (χ4n) is 3.30. The summed E-state index contributed by atoms with van der Waals surface area (Å²) in [5, 5.41) is 5.60. The van der Waals surface area contributed by atoms with Gasteiger partial charge in [0.05, 0.1) is 25.6 Å². The Kier molecular flexibility index (Phi) is 7.91. The van der Waals surface area contributed by atoms with Crippen LogP contribution in [-0.4, -0.2) is 32.6 Å². The van der Waals surface area contributed by atoms with Gasteiger partial charge in [0, 0.05) is 17.7 Å². The standard InChI is InChI=1S/C26H28N2O5/c1-17(2)19-12-8-9-13-22(19)33-16-25(29)27-20-14-24(32-4)21(15-23(20)31-3)28-26(30)18-10-6-5-7-11-18/h5-15,17H,16H2,1-4H3,(H,27,29)(H,28,30). The Morgan fingerprint density at radius 3 is 1.97 bits per heavy atom. The third-order valence-corrected chi connectivity index (χ3v) is 4.98. The second-order valence-electron chi connectivity index (χ2n) is 7.60. The lowest BCUT2D eigenvalue weighted by molar-refractivity contribution is -0.118. The monoisotopic (exact) mass is 448 g/mol. The molecule has 3 rings (SSSR count). The minimum atomic E-state index is -0.352. The number of amides is 2. The fraction of sp³-hybridized carbons (Fsp3) is 0.231. The largest absolute Gasteiger partial charge is 0.494 e. The second-order valence-corrected chi connectivity index (χ2v) is 7.60. The first-order valence-corrected chi connectivity index (χ1v) is 10.6. The number of nitrogens with one attached hydrogen (secondary N) is 2. The van der Waals surface area contributed by atoms with Crippen LogP contribution in [0.1, 0.15) is 35.7 Å². The Balaban J connectivity index is 1.74. The van der Waals surface area contributed by atoms with Crippen molar-refractivity contribution in [2.24, 2.45) is 0 Å². The highest BCUT2D eigenvalue weighted by atomic mass is 16.5.